The molecular weight excluding hydrogens is 348 g/mol. The van der Waals surface area contributed by atoms with Gasteiger partial charge in [0.15, 0.2) is 0 Å². The largest absolute Gasteiger partial charge is 0.464 e. The second-order valence-corrected chi connectivity index (χ2v) is 9.42. The number of allylic oxidation sites excluding steroid dienone is 2. The summed E-state index contributed by atoms with van der Waals surface area (Å²) in [6.07, 6.45) is 11.6. The Bertz CT molecular complexity index is 745. The topological polar surface area (TPSA) is 41.9 Å². The average molecular weight is 379 g/mol. The highest BCUT2D eigenvalue weighted by atomic mass is 16.5. The first kappa shape index (κ1) is 18.1. The third-order valence-electron chi connectivity index (χ3n) is 7.60. The Balaban J connectivity index is 1.31. The number of rotatable bonds is 6. The number of ether oxygens (including phenoxy) is 1. The van der Waals surface area contributed by atoms with Crippen LogP contribution in [-0.4, -0.2) is 49.9 Å². The highest BCUT2D eigenvalue weighted by molar-refractivity contribution is 5.79. The van der Waals surface area contributed by atoms with Gasteiger partial charge in [-0.2, -0.15) is 0 Å². The van der Waals surface area contributed by atoms with E-state index in [1.807, 2.05) is 12.3 Å². The first-order chi connectivity index (χ1) is 13.8. The molecule has 3 heterocycles. The fourth-order valence-electron chi connectivity index (χ4n) is 6.72. The maximum Gasteiger partial charge on any atom is 0.293 e. The number of hydrogen-bond donors (Lipinski definition) is 0. The van der Waals surface area contributed by atoms with Crippen LogP contribution in [0.15, 0.2) is 47.5 Å². The standard InChI is InChI=1S/C24H30N2O2/c27-17-28-23-21-9-20-11-24(23,16-26(14-20)15-21)22-8-4-7-19(10-22)13-25-12-18-5-2-1-3-6-18/h1-6,8,12,17,19-23H,7,9-11,13-16H2. The highest BCUT2D eigenvalue weighted by Crippen LogP contribution is 2.57. The molecule has 0 spiro atoms. The summed E-state index contributed by atoms with van der Waals surface area (Å²) in [5, 5.41) is 0. The molecule has 1 aromatic rings. The molecule has 148 valence electrons. The Hall–Kier alpha value is -1.94. The minimum atomic E-state index is 0.0963. The van der Waals surface area contributed by atoms with Gasteiger partial charge in [-0.1, -0.05) is 42.5 Å². The summed E-state index contributed by atoms with van der Waals surface area (Å²) in [6.45, 7) is 5.03. The van der Waals surface area contributed by atoms with Crippen molar-refractivity contribution in [2.75, 3.05) is 26.2 Å². The Morgan fingerprint density at radius 2 is 2.11 bits per heavy atom. The van der Waals surface area contributed by atoms with E-state index in [0.717, 1.165) is 38.4 Å². The minimum absolute atomic E-state index is 0.0963. The molecule has 3 aliphatic heterocycles. The molecule has 5 aliphatic rings. The van der Waals surface area contributed by atoms with Gasteiger partial charge in [-0.3, -0.25) is 9.79 Å². The van der Waals surface area contributed by atoms with Crippen molar-refractivity contribution in [1.82, 2.24) is 4.90 Å². The van der Waals surface area contributed by atoms with Crippen LogP contribution >= 0.6 is 0 Å². The van der Waals surface area contributed by atoms with E-state index in [0.29, 0.717) is 24.2 Å². The Morgan fingerprint density at radius 3 is 2.93 bits per heavy atom. The van der Waals surface area contributed by atoms with Crippen LogP contribution in [0.5, 0.6) is 0 Å². The highest BCUT2D eigenvalue weighted by Gasteiger charge is 2.60. The van der Waals surface area contributed by atoms with Gasteiger partial charge in [0, 0.05) is 43.7 Å². The second-order valence-electron chi connectivity index (χ2n) is 9.42. The number of piperidine rings is 3. The zero-order valence-electron chi connectivity index (χ0n) is 16.5. The summed E-state index contributed by atoms with van der Waals surface area (Å²) in [5.41, 5.74) is 1.28. The molecule has 1 saturated carbocycles. The number of carbonyl (C=O) groups is 1. The van der Waals surface area contributed by atoms with Crippen molar-refractivity contribution in [2.45, 2.75) is 31.8 Å². The van der Waals surface area contributed by atoms with E-state index in [4.69, 9.17) is 9.73 Å². The molecule has 6 rings (SSSR count). The van der Waals surface area contributed by atoms with E-state index in [1.165, 1.54) is 24.9 Å². The molecule has 2 aliphatic carbocycles. The van der Waals surface area contributed by atoms with Gasteiger partial charge in [0.05, 0.1) is 0 Å². The summed E-state index contributed by atoms with van der Waals surface area (Å²) in [4.78, 5) is 18.7. The van der Waals surface area contributed by atoms with E-state index in [-0.39, 0.29) is 11.5 Å². The van der Waals surface area contributed by atoms with Crippen molar-refractivity contribution in [3.8, 4) is 0 Å². The molecule has 4 nitrogen and oxygen atoms in total. The van der Waals surface area contributed by atoms with Crippen LogP contribution in [-0.2, 0) is 9.53 Å². The zero-order valence-corrected chi connectivity index (χ0v) is 16.5. The smallest absolute Gasteiger partial charge is 0.293 e. The average Bonchev–Trinajstić information content (AvgIpc) is 2.71. The van der Waals surface area contributed by atoms with Gasteiger partial charge in [-0.25, -0.2) is 0 Å². The lowest BCUT2D eigenvalue weighted by atomic mass is 9.51. The number of nitrogens with zero attached hydrogens (tertiary/aromatic N) is 2. The molecule has 4 bridgehead atoms. The summed E-state index contributed by atoms with van der Waals surface area (Å²) in [5.74, 6) is 2.38. The molecule has 0 aromatic heterocycles. The first-order valence-electron chi connectivity index (χ1n) is 10.8. The minimum Gasteiger partial charge on any atom is -0.464 e. The summed E-state index contributed by atoms with van der Waals surface area (Å²) < 4.78 is 5.78. The predicted molar refractivity (Wildman–Crippen MR) is 110 cm³/mol. The van der Waals surface area contributed by atoms with Crippen LogP contribution in [0.3, 0.4) is 0 Å². The normalized spacial score (nSPS) is 41.4. The van der Waals surface area contributed by atoms with Crippen molar-refractivity contribution in [3.63, 3.8) is 0 Å². The molecule has 4 heteroatoms. The van der Waals surface area contributed by atoms with Crippen LogP contribution in [0.2, 0.25) is 0 Å². The lowest BCUT2D eigenvalue weighted by Gasteiger charge is -2.63. The molecule has 7 unspecified atom stereocenters. The van der Waals surface area contributed by atoms with Gasteiger partial charge in [-0.05, 0) is 49.0 Å². The predicted octanol–water partition coefficient (Wildman–Crippen LogP) is 3.57. The van der Waals surface area contributed by atoms with Crippen molar-refractivity contribution in [1.29, 1.82) is 0 Å². The van der Waals surface area contributed by atoms with Crippen LogP contribution in [0.4, 0.5) is 0 Å². The number of carbonyl (C=O) groups excluding carboxylic acids is 1. The number of aliphatic imine (C=N–C) groups is 1. The Kier molecular flexibility index (Phi) is 4.83. The van der Waals surface area contributed by atoms with Gasteiger partial charge in [0.1, 0.15) is 6.10 Å². The van der Waals surface area contributed by atoms with Crippen molar-refractivity contribution < 1.29 is 9.53 Å². The third kappa shape index (κ3) is 3.22. The third-order valence-corrected chi connectivity index (χ3v) is 7.60. The second kappa shape index (κ2) is 7.47. The van der Waals surface area contributed by atoms with E-state index in [1.54, 1.807) is 0 Å². The first-order valence-corrected chi connectivity index (χ1v) is 10.8. The van der Waals surface area contributed by atoms with E-state index < -0.39 is 0 Å². The lowest BCUT2D eigenvalue weighted by molar-refractivity contribution is -0.202. The molecular formula is C24H30N2O2. The summed E-state index contributed by atoms with van der Waals surface area (Å²) in [7, 11) is 0. The Labute approximate surface area is 167 Å². The fourth-order valence-corrected chi connectivity index (χ4v) is 6.72. The maximum atomic E-state index is 11.3. The van der Waals surface area contributed by atoms with Crippen molar-refractivity contribution in [2.24, 2.45) is 34.1 Å². The monoisotopic (exact) mass is 378 g/mol. The molecule has 0 radical (unpaired) electrons. The van der Waals surface area contributed by atoms with E-state index in [2.05, 4.69) is 41.3 Å². The van der Waals surface area contributed by atoms with Crippen molar-refractivity contribution >= 4 is 12.7 Å². The molecule has 4 fully saturated rings. The summed E-state index contributed by atoms with van der Waals surface area (Å²) in [6, 6.07) is 10.3. The number of benzene rings is 1. The van der Waals surface area contributed by atoms with Gasteiger partial charge in [0.2, 0.25) is 0 Å². The van der Waals surface area contributed by atoms with Gasteiger partial charge in [0.25, 0.3) is 6.47 Å². The molecule has 7 atom stereocenters. The van der Waals surface area contributed by atoms with E-state index in [9.17, 15) is 4.79 Å². The van der Waals surface area contributed by atoms with Gasteiger partial charge < -0.3 is 9.64 Å². The van der Waals surface area contributed by atoms with Crippen molar-refractivity contribution in [3.05, 3.63) is 48.0 Å². The van der Waals surface area contributed by atoms with E-state index >= 15 is 0 Å². The molecule has 28 heavy (non-hydrogen) atoms. The molecule has 3 saturated heterocycles. The maximum absolute atomic E-state index is 11.3. The summed E-state index contributed by atoms with van der Waals surface area (Å²) >= 11 is 0. The fraction of sp³-hybridized carbons (Fsp3) is 0.583. The van der Waals surface area contributed by atoms with Crippen LogP contribution in [0, 0.1) is 29.1 Å². The van der Waals surface area contributed by atoms with Crippen LogP contribution in [0.1, 0.15) is 31.2 Å². The molecule has 0 amide bonds. The SMILES string of the molecule is O=COC1C2CC3CN(C2)CC1(C1C=CCC(CN=Cc2ccccc2)C1)C3. The van der Waals surface area contributed by atoms with Crippen LogP contribution in [0.25, 0.3) is 0 Å². The lowest BCUT2D eigenvalue weighted by Crippen LogP contribution is -2.68. The Morgan fingerprint density at radius 1 is 1.21 bits per heavy atom. The number of hydrogen-bond acceptors (Lipinski definition) is 4. The molecule has 1 aromatic carbocycles. The molecule has 0 N–H and O–H groups in total. The van der Waals surface area contributed by atoms with Crippen LogP contribution < -0.4 is 0 Å². The van der Waals surface area contributed by atoms with Gasteiger partial charge in [-0.15, -0.1) is 0 Å². The zero-order chi connectivity index (χ0) is 19.0. The van der Waals surface area contributed by atoms with Gasteiger partial charge >= 0.3 is 0 Å². The quantitative estimate of drug-likeness (QED) is 0.432.